The fourth-order valence-electron chi connectivity index (χ4n) is 3.89. The van der Waals surface area contributed by atoms with Gasteiger partial charge in [-0.3, -0.25) is 4.79 Å². The van der Waals surface area contributed by atoms with Crippen molar-refractivity contribution in [1.29, 1.82) is 0 Å². The lowest BCUT2D eigenvalue weighted by Gasteiger charge is -2.08. The number of nitrogens with zero attached hydrogens (tertiary/aromatic N) is 2. The maximum absolute atomic E-state index is 14.1. The third-order valence-corrected chi connectivity index (χ3v) is 8.50. The van der Waals surface area contributed by atoms with Crippen LogP contribution in [-0.2, 0) is 32.3 Å². The summed E-state index contributed by atoms with van der Waals surface area (Å²) in [6.45, 7) is 3.47. The maximum Gasteiger partial charge on any atom is 0.325 e. The first-order chi connectivity index (χ1) is 15.2. The van der Waals surface area contributed by atoms with Crippen molar-refractivity contribution in [3.05, 3.63) is 76.2 Å². The second kappa shape index (κ2) is 8.48. The predicted molar refractivity (Wildman–Crippen MR) is 120 cm³/mol. The number of methoxy groups -OCH3 is 1. The molecule has 4 rings (SSSR count). The van der Waals surface area contributed by atoms with E-state index in [9.17, 15) is 17.6 Å². The highest BCUT2D eigenvalue weighted by Gasteiger charge is 2.28. The maximum atomic E-state index is 14.1. The van der Waals surface area contributed by atoms with Crippen LogP contribution >= 0.6 is 11.5 Å². The van der Waals surface area contributed by atoms with E-state index in [0.29, 0.717) is 21.5 Å². The zero-order valence-electron chi connectivity index (χ0n) is 17.8. The van der Waals surface area contributed by atoms with Gasteiger partial charge in [-0.25, -0.2) is 12.8 Å². The number of halogens is 1. The summed E-state index contributed by atoms with van der Waals surface area (Å²) >= 11 is 1.12. The molecule has 0 spiro atoms. The molecule has 2 aromatic heterocycles. The van der Waals surface area contributed by atoms with Crippen molar-refractivity contribution < 1.29 is 22.3 Å². The van der Waals surface area contributed by atoms with E-state index in [1.165, 1.54) is 19.2 Å². The number of ether oxygens (including phenoxy) is 1. The molecule has 0 radical (unpaired) electrons. The average Bonchev–Trinajstić information content (AvgIpc) is 3.27. The number of carbonyl (C=O) groups excluding carboxylic acids is 1. The van der Waals surface area contributed by atoms with Gasteiger partial charge in [-0.2, -0.15) is 4.37 Å². The molecule has 0 amide bonds. The van der Waals surface area contributed by atoms with E-state index in [0.717, 1.165) is 22.8 Å². The second-order valence-corrected chi connectivity index (χ2v) is 10.1. The summed E-state index contributed by atoms with van der Waals surface area (Å²) in [7, 11) is -2.46. The molecule has 0 unspecified atom stereocenters. The number of hydrogen-bond donors (Lipinski definition) is 0. The predicted octanol–water partition coefficient (Wildman–Crippen LogP) is 4.45. The van der Waals surface area contributed by atoms with Crippen LogP contribution in [0.15, 0.2) is 58.3 Å². The van der Waals surface area contributed by atoms with E-state index in [4.69, 9.17) is 4.74 Å². The summed E-state index contributed by atoms with van der Waals surface area (Å²) in [5.41, 5.74) is 2.59. The Labute approximate surface area is 189 Å². The van der Waals surface area contributed by atoms with Gasteiger partial charge in [-0.1, -0.05) is 18.2 Å². The summed E-state index contributed by atoms with van der Waals surface area (Å²) in [5.74, 6) is -0.839. The van der Waals surface area contributed by atoms with Gasteiger partial charge >= 0.3 is 5.97 Å². The number of fused-ring (bicyclic) bond motifs is 1. The summed E-state index contributed by atoms with van der Waals surface area (Å²) in [6, 6.07) is 12.6. The fourth-order valence-corrected chi connectivity index (χ4v) is 6.72. The quantitative estimate of drug-likeness (QED) is 0.388. The molecule has 0 bridgehead atoms. The Hall–Kier alpha value is -3.04. The number of sulfone groups is 1. The minimum Gasteiger partial charge on any atom is -0.468 e. The Balaban J connectivity index is 1.86. The zero-order valence-corrected chi connectivity index (χ0v) is 19.4. The molecule has 2 heterocycles. The molecule has 166 valence electrons. The van der Waals surface area contributed by atoms with Crippen LogP contribution in [-0.4, -0.2) is 30.4 Å². The number of rotatable bonds is 6. The number of esters is 1. The lowest BCUT2D eigenvalue weighted by Crippen LogP contribution is -2.12. The molecule has 9 heteroatoms. The summed E-state index contributed by atoms with van der Waals surface area (Å²) in [6.07, 6.45) is 0.243. The number of aryl methyl sites for hydroxylation is 1. The molecule has 0 saturated carbocycles. The second-order valence-electron chi connectivity index (χ2n) is 7.40. The normalized spacial score (nSPS) is 11.8. The van der Waals surface area contributed by atoms with E-state index in [2.05, 4.69) is 4.37 Å². The van der Waals surface area contributed by atoms with Crippen LogP contribution in [0.25, 0.3) is 10.9 Å². The van der Waals surface area contributed by atoms with Crippen LogP contribution in [0.5, 0.6) is 0 Å². The molecule has 0 aliphatic heterocycles. The van der Waals surface area contributed by atoms with Gasteiger partial charge in [0.05, 0.1) is 17.7 Å². The van der Waals surface area contributed by atoms with Crippen molar-refractivity contribution in [2.45, 2.75) is 36.6 Å². The summed E-state index contributed by atoms with van der Waals surface area (Å²) < 4.78 is 51.7. The zero-order chi connectivity index (χ0) is 23.0. The Kier molecular flexibility index (Phi) is 5.87. The first-order valence-corrected chi connectivity index (χ1v) is 12.1. The van der Waals surface area contributed by atoms with Gasteiger partial charge in [-0.15, -0.1) is 0 Å². The molecule has 0 N–H and O–H groups in total. The molecule has 0 aliphatic carbocycles. The van der Waals surface area contributed by atoms with Crippen molar-refractivity contribution in [3.8, 4) is 0 Å². The molecule has 32 heavy (non-hydrogen) atoms. The SMILES string of the molecule is COC(=O)Cn1c(C)c(Cc2snc(C)c2S(=O)(=O)c2ccccc2)c2cc(F)ccc21. The highest BCUT2D eigenvalue weighted by molar-refractivity contribution is 7.91. The molecule has 0 fully saturated rings. The topological polar surface area (TPSA) is 78.3 Å². The smallest absolute Gasteiger partial charge is 0.325 e. The Bertz CT molecular complexity index is 1420. The highest BCUT2D eigenvalue weighted by Crippen LogP contribution is 2.35. The largest absolute Gasteiger partial charge is 0.468 e. The molecule has 0 saturated heterocycles. The minimum absolute atomic E-state index is 0.0264. The number of hydrogen-bond acceptors (Lipinski definition) is 6. The number of benzene rings is 2. The van der Waals surface area contributed by atoms with Gasteiger partial charge < -0.3 is 9.30 Å². The van der Waals surface area contributed by atoms with Crippen LogP contribution in [0.2, 0.25) is 0 Å². The van der Waals surface area contributed by atoms with Gasteiger partial charge in [-0.05, 0) is 61.3 Å². The molecule has 0 atom stereocenters. The minimum atomic E-state index is -3.77. The Morgan fingerprint density at radius 3 is 2.56 bits per heavy atom. The first-order valence-electron chi connectivity index (χ1n) is 9.83. The van der Waals surface area contributed by atoms with Gasteiger partial charge in [0.2, 0.25) is 9.84 Å². The van der Waals surface area contributed by atoms with Gasteiger partial charge in [0.15, 0.2) is 0 Å². The standard InChI is InChI=1S/C23H21FN2O4S2/c1-14-23(32(28,29)17-7-5-4-6-8-17)21(31-25-14)12-18-15(2)26(13-22(27)30-3)20-10-9-16(24)11-19(18)20/h4-11H,12-13H2,1-3H3. The molecular formula is C23H21FN2O4S2. The molecular weight excluding hydrogens is 451 g/mol. The fraction of sp³-hybridized carbons (Fsp3) is 0.217. The van der Waals surface area contributed by atoms with E-state index < -0.39 is 21.6 Å². The molecule has 2 aromatic carbocycles. The lowest BCUT2D eigenvalue weighted by atomic mass is 10.1. The van der Waals surface area contributed by atoms with Crippen LogP contribution < -0.4 is 0 Å². The van der Waals surface area contributed by atoms with Crippen LogP contribution in [0.3, 0.4) is 0 Å². The van der Waals surface area contributed by atoms with Gasteiger partial charge in [0, 0.05) is 27.9 Å². The van der Waals surface area contributed by atoms with Crippen molar-refractivity contribution in [2.24, 2.45) is 0 Å². The van der Waals surface area contributed by atoms with E-state index in [1.807, 2.05) is 6.92 Å². The number of carbonyl (C=O) groups is 1. The van der Waals surface area contributed by atoms with E-state index in [1.54, 1.807) is 47.9 Å². The number of aromatic nitrogens is 2. The molecule has 6 nitrogen and oxygen atoms in total. The molecule has 0 aliphatic rings. The highest BCUT2D eigenvalue weighted by atomic mass is 32.2. The van der Waals surface area contributed by atoms with Gasteiger partial charge in [0.25, 0.3) is 0 Å². The Morgan fingerprint density at radius 2 is 1.88 bits per heavy atom. The van der Waals surface area contributed by atoms with Crippen molar-refractivity contribution in [3.63, 3.8) is 0 Å². The van der Waals surface area contributed by atoms with Crippen LogP contribution in [0.4, 0.5) is 4.39 Å². The third-order valence-electron chi connectivity index (χ3n) is 5.47. The Morgan fingerprint density at radius 1 is 1.16 bits per heavy atom. The first kappa shape index (κ1) is 22.2. The summed E-state index contributed by atoms with van der Waals surface area (Å²) in [4.78, 5) is 12.9. The van der Waals surface area contributed by atoms with Crippen LogP contribution in [0.1, 0.15) is 21.8 Å². The van der Waals surface area contributed by atoms with Crippen molar-refractivity contribution in [1.82, 2.24) is 8.94 Å². The van der Waals surface area contributed by atoms with E-state index in [-0.39, 0.29) is 22.8 Å². The van der Waals surface area contributed by atoms with Crippen molar-refractivity contribution >= 4 is 38.2 Å². The molecule has 4 aromatic rings. The third kappa shape index (κ3) is 3.82. The van der Waals surface area contributed by atoms with E-state index >= 15 is 0 Å². The van der Waals surface area contributed by atoms with Crippen molar-refractivity contribution in [2.75, 3.05) is 7.11 Å². The van der Waals surface area contributed by atoms with Crippen LogP contribution in [0, 0.1) is 19.7 Å². The average molecular weight is 473 g/mol. The monoisotopic (exact) mass is 472 g/mol. The summed E-state index contributed by atoms with van der Waals surface area (Å²) in [5, 5.41) is 0.625. The van der Waals surface area contributed by atoms with Gasteiger partial charge in [0.1, 0.15) is 17.3 Å². The lowest BCUT2D eigenvalue weighted by molar-refractivity contribution is -0.141.